The molecule has 0 bridgehead atoms. The number of halogens is 1. The van der Waals surface area contributed by atoms with Crippen molar-refractivity contribution in [2.45, 2.75) is 13.5 Å². The lowest BCUT2D eigenvalue weighted by Gasteiger charge is -2.11. The number of nitrogens with one attached hydrogen (secondary N) is 2. The molecular weight excluding hydrogens is 388 g/mol. The van der Waals surface area contributed by atoms with Crippen LogP contribution in [0.4, 0.5) is 11.5 Å². The minimum absolute atomic E-state index is 0.503. The fraction of sp³-hybridized carbons (Fsp3) is 0.0909. The third-order valence-corrected chi connectivity index (χ3v) is 4.92. The molecule has 4 nitrogen and oxygen atoms in total. The first kappa shape index (κ1) is 18.5. The molecule has 0 saturated heterocycles. The summed E-state index contributed by atoms with van der Waals surface area (Å²) in [5, 5.41) is 14.6. The van der Waals surface area contributed by atoms with Crippen LogP contribution >= 0.6 is 23.8 Å². The van der Waals surface area contributed by atoms with Crippen LogP contribution in [0.25, 0.3) is 10.8 Å². The number of benzene rings is 3. The summed E-state index contributed by atoms with van der Waals surface area (Å²) in [7, 11) is 0. The van der Waals surface area contributed by atoms with E-state index >= 15 is 0 Å². The average molecular weight is 407 g/mol. The van der Waals surface area contributed by atoms with E-state index in [-0.39, 0.29) is 0 Å². The SMILES string of the molecule is Cc1cc(NC(=S)Nc2cccc3ccccc23)nn1Cc1cccc(Cl)c1. The topological polar surface area (TPSA) is 41.9 Å². The van der Waals surface area contributed by atoms with E-state index < -0.39 is 0 Å². The van der Waals surface area contributed by atoms with Crippen LogP contribution in [-0.2, 0) is 6.54 Å². The Hall–Kier alpha value is -2.89. The molecule has 0 aliphatic carbocycles. The predicted octanol–water partition coefficient (Wildman–Crippen LogP) is 5.86. The van der Waals surface area contributed by atoms with Crippen LogP contribution in [0.2, 0.25) is 5.02 Å². The number of hydrogen-bond donors (Lipinski definition) is 2. The number of rotatable bonds is 4. The smallest absolute Gasteiger partial charge is 0.176 e. The molecule has 2 N–H and O–H groups in total. The van der Waals surface area contributed by atoms with Crippen LogP contribution in [0.1, 0.15) is 11.3 Å². The Morgan fingerprint density at radius 1 is 1.00 bits per heavy atom. The molecule has 0 fully saturated rings. The molecule has 28 heavy (non-hydrogen) atoms. The number of aromatic nitrogens is 2. The Kier molecular flexibility index (Phi) is 5.28. The van der Waals surface area contributed by atoms with Crippen LogP contribution in [0, 0.1) is 6.92 Å². The quantitative estimate of drug-likeness (QED) is 0.417. The normalized spacial score (nSPS) is 10.8. The molecule has 0 radical (unpaired) electrons. The summed E-state index contributed by atoms with van der Waals surface area (Å²) in [5.41, 5.74) is 3.10. The van der Waals surface area contributed by atoms with Crippen molar-refractivity contribution in [3.05, 3.63) is 89.1 Å². The van der Waals surface area contributed by atoms with Crippen molar-refractivity contribution in [3.63, 3.8) is 0 Å². The first-order chi connectivity index (χ1) is 13.6. The van der Waals surface area contributed by atoms with E-state index in [1.165, 1.54) is 0 Å². The molecule has 0 unspecified atom stereocenters. The monoisotopic (exact) mass is 406 g/mol. The minimum atomic E-state index is 0.503. The zero-order valence-electron chi connectivity index (χ0n) is 15.3. The second-order valence-electron chi connectivity index (χ2n) is 6.56. The Labute approximate surface area is 174 Å². The summed E-state index contributed by atoms with van der Waals surface area (Å²) in [4.78, 5) is 0. The Balaban J connectivity index is 1.47. The molecule has 1 aromatic heterocycles. The van der Waals surface area contributed by atoms with E-state index in [0.717, 1.165) is 32.7 Å². The Bertz CT molecular complexity index is 1150. The second-order valence-corrected chi connectivity index (χ2v) is 7.41. The van der Waals surface area contributed by atoms with Gasteiger partial charge in [-0.1, -0.05) is 60.1 Å². The summed E-state index contributed by atoms with van der Waals surface area (Å²) in [6.07, 6.45) is 0. The highest BCUT2D eigenvalue weighted by Crippen LogP contribution is 2.23. The molecule has 4 aromatic rings. The maximum absolute atomic E-state index is 6.08. The molecule has 1 heterocycles. The summed E-state index contributed by atoms with van der Waals surface area (Å²) in [6.45, 7) is 2.67. The van der Waals surface area contributed by atoms with Crippen molar-refractivity contribution in [3.8, 4) is 0 Å². The maximum Gasteiger partial charge on any atom is 0.176 e. The van der Waals surface area contributed by atoms with Gasteiger partial charge in [0.05, 0.1) is 6.54 Å². The highest BCUT2D eigenvalue weighted by atomic mass is 35.5. The van der Waals surface area contributed by atoms with Crippen molar-refractivity contribution in [1.29, 1.82) is 0 Å². The van der Waals surface area contributed by atoms with Crippen LogP contribution in [0.3, 0.4) is 0 Å². The maximum atomic E-state index is 6.08. The number of anilines is 2. The summed E-state index contributed by atoms with van der Waals surface area (Å²) < 4.78 is 1.93. The number of thiocarbonyl (C=S) groups is 1. The van der Waals surface area contributed by atoms with Gasteiger partial charge in [0.1, 0.15) is 0 Å². The van der Waals surface area contributed by atoms with Gasteiger partial charge in [0.15, 0.2) is 10.9 Å². The van der Waals surface area contributed by atoms with Gasteiger partial charge in [0, 0.05) is 27.9 Å². The number of nitrogens with zero attached hydrogens (tertiary/aromatic N) is 2. The van der Waals surface area contributed by atoms with Crippen molar-refractivity contribution in [1.82, 2.24) is 9.78 Å². The van der Waals surface area contributed by atoms with Crippen molar-refractivity contribution in [2.75, 3.05) is 10.6 Å². The summed E-state index contributed by atoms with van der Waals surface area (Å²) >= 11 is 11.6. The lowest BCUT2D eigenvalue weighted by atomic mass is 10.1. The lowest BCUT2D eigenvalue weighted by Crippen LogP contribution is -2.19. The standard InChI is InChI=1S/C22H19ClN4S/c1-15-12-21(26-27(15)14-16-6-4-9-18(23)13-16)25-22(28)24-20-11-5-8-17-7-2-3-10-19(17)20/h2-13H,14H2,1H3,(H2,24,25,26,28). The number of fused-ring (bicyclic) bond motifs is 1. The van der Waals surface area contributed by atoms with Gasteiger partial charge < -0.3 is 10.6 Å². The van der Waals surface area contributed by atoms with E-state index in [0.29, 0.717) is 17.5 Å². The van der Waals surface area contributed by atoms with Gasteiger partial charge in [0.25, 0.3) is 0 Å². The number of hydrogen-bond acceptors (Lipinski definition) is 2. The second kappa shape index (κ2) is 8.00. The van der Waals surface area contributed by atoms with E-state index in [9.17, 15) is 0 Å². The minimum Gasteiger partial charge on any atom is -0.332 e. The van der Waals surface area contributed by atoms with E-state index in [1.54, 1.807) is 0 Å². The average Bonchev–Trinajstić information content (AvgIpc) is 3.00. The van der Waals surface area contributed by atoms with E-state index in [2.05, 4.69) is 33.9 Å². The van der Waals surface area contributed by atoms with Gasteiger partial charge in [-0.15, -0.1) is 0 Å². The van der Waals surface area contributed by atoms with Gasteiger partial charge in [-0.3, -0.25) is 4.68 Å². The van der Waals surface area contributed by atoms with Gasteiger partial charge >= 0.3 is 0 Å². The zero-order chi connectivity index (χ0) is 19.5. The predicted molar refractivity (Wildman–Crippen MR) is 121 cm³/mol. The molecule has 140 valence electrons. The Morgan fingerprint density at radius 2 is 1.79 bits per heavy atom. The largest absolute Gasteiger partial charge is 0.332 e. The molecule has 0 aliphatic heterocycles. The fourth-order valence-electron chi connectivity index (χ4n) is 3.14. The zero-order valence-corrected chi connectivity index (χ0v) is 16.9. The molecule has 4 rings (SSSR count). The van der Waals surface area contributed by atoms with E-state index in [1.807, 2.05) is 66.2 Å². The molecule has 6 heteroatoms. The lowest BCUT2D eigenvalue weighted by molar-refractivity contribution is 0.668. The molecule has 0 saturated carbocycles. The Morgan fingerprint density at radius 3 is 2.64 bits per heavy atom. The third-order valence-electron chi connectivity index (χ3n) is 4.48. The van der Waals surface area contributed by atoms with Crippen molar-refractivity contribution < 1.29 is 0 Å². The molecule has 0 atom stereocenters. The summed E-state index contributed by atoms with van der Waals surface area (Å²) in [6, 6.07) is 24.1. The van der Waals surface area contributed by atoms with Gasteiger partial charge in [-0.25, -0.2) is 0 Å². The third kappa shape index (κ3) is 4.16. The molecule has 0 amide bonds. The van der Waals surface area contributed by atoms with Crippen LogP contribution in [0.15, 0.2) is 72.8 Å². The highest BCUT2D eigenvalue weighted by molar-refractivity contribution is 7.80. The molecule has 0 aliphatic rings. The van der Waals surface area contributed by atoms with Crippen molar-refractivity contribution in [2.24, 2.45) is 0 Å². The summed E-state index contributed by atoms with van der Waals surface area (Å²) in [5.74, 6) is 0.706. The van der Waals surface area contributed by atoms with E-state index in [4.69, 9.17) is 23.8 Å². The fourth-order valence-corrected chi connectivity index (χ4v) is 3.57. The van der Waals surface area contributed by atoms with Crippen molar-refractivity contribution >= 4 is 51.2 Å². The first-order valence-corrected chi connectivity index (χ1v) is 9.72. The van der Waals surface area contributed by atoms with Crippen LogP contribution in [0.5, 0.6) is 0 Å². The van der Waals surface area contributed by atoms with Gasteiger partial charge in [-0.2, -0.15) is 5.10 Å². The number of aryl methyl sites for hydroxylation is 1. The first-order valence-electron chi connectivity index (χ1n) is 8.93. The van der Waals surface area contributed by atoms with Crippen LogP contribution < -0.4 is 10.6 Å². The van der Waals surface area contributed by atoms with Crippen LogP contribution in [-0.4, -0.2) is 14.9 Å². The highest BCUT2D eigenvalue weighted by Gasteiger charge is 2.08. The van der Waals surface area contributed by atoms with Gasteiger partial charge in [0.2, 0.25) is 0 Å². The van der Waals surface area contributed by atoms with Gasteiger partial charge in [-0.05, 0) is 48.3 Å². The molecule has 3 aromatic carbocycles. The molecular formula is C22H19ClN4S. The molecule has 0 spiro atoms.